The number of hydrogen-bond donors (Lipinski definition) is 1. The summed E-state index contributed by atoms with van der Waals surface area (Å²) in [5.74, 6) is -2.68. The first kappa shape index (κ1) is 23.1. The second kappa shape index (κ2) is 7.73. The molecule has 0 amide bonds. The molecule has 1 N–H and O–H groups in total. The van der Waals surface area contributed by atoms with Crippen LogP contribution in [0.15, 0.2) is 34.3 Å². The molecule has 2 fully saturated rings. The first-order valence-corrected chi connectivity index (χ1v) is 11.4. The van der Waals surface area contributed by atoms with Crippen molar-refractivity contribution in [2.24, 2.45) is 23.7 Å². The summed E-state index contributed by atoms with van der Waals surface area (Å²) in [7, 11) is 1.51. The number of hydrogen-bond acceptors (Lipinski definition) is 7. The number of carbonyl (C=O) groups is 2. The first-order valence-electron chi connectivity index (χ1n) is 11.4. The van der Waals surface area contributed by atoms with E-state index in [2.05, 4.69) is 19.9 Å². The highest BCUT2D eigenvalue weighted by atomic mass is 16.7. The Balaban J connectivity index is 1.84. The Labute approximate surface area is 189 Å². The van der Waals surface area contributed by atoms with Crippen LogP contribution < -0.4 is 0 Å². The largest absolute Gasteiger partial charge is 0.490 e. The van der Waals surface area contributed by atoms with Crippen LogP contribution in [-0.2, 0) is 28.5 Å². The molecule has 3 aliphatic heterocycles. The normalized spacial score (nSPS) is 39.8. The van der Waals surface area contributed by atoms with Gasteiger partial charge in [-0.25, -0.2) is 4.79 Å². The minimum absolute atomic E-state index is 0.0684. The lowest BCUT2D eigenvalue weighted by atomic mass is 9.72. The van der Waals surface area contributed by atoms with Crippen molar-refractivity contribution in [2.75, 3.05) is 7.11 Å². The Hall–Kier alpha value is -2.12. The van der Waals surface area contributed by atoms with Crippen molar-refractivity contribution < 1.29 is 33.6 Å². The Morgan fingerprint density at radius 1 is 1.22 bits per heavy atom. The third-order valence-corrected chi connectivity index (χ3v) is 7.65. The second-order valence-corrected chi connectivity index (χ2v) is 10.2. The van der Waals surface area contributed by atoms with Gasteiger partial charge >= 0.3 is 11.9 Å². The van der Waals surface area contributed by atoms with Crippen LogP contribution in [0.4, 0.5) is 0 Å². The summed E-state index contributed by atoms with van der Waals surface area (Å²) in [5, 5.41) is 10.9. The fourth-order valence-electron chi connectivity index (χ4n) is 5.93. The monoisotopic (exact) mass is 446 g/mol. The van der Waals surface area contributed by atoms with Crippen LogP contribution in [0.25, 0.3) is 0 Å². The Morgan fingerprint density at radius 2 is 1.91 bits per heavy atom. The number of fused-ring (bicyclic) bond motifs is 1. The molecule has 3 heterocycles. The number of aliphatic hydroxyl groups is 1. The fraction of sp³-hybridized carbons (Fsp3) is 0.680. The van der Waals surface area contributed by atoms with Gasteiger partial charge in [0.05, 0.1) is 19.1 Å². The molecule has 1 aliphatic carbocycles. The summed E-state index contributed by atoms with van der Waals surface area (Å²) in [6.45, 7) is 11.5. The lowest BCUT2D eigenvalue weighted by Gasteiger charge is -2.43. The van der Waals surface area contributed by atoms with E-state index in [9.17, 15) is 14.7 Å². The molecule has 176 valence electrons. The van der Waals surface area contributed by atoms with Crippen molar-refractivity contribution in [3.8, 4) is 0 Å². The average molecular weight is 447 g/mol. The van der Waals surface area contributed by atoms with E-state index in [4.69, 9.17) is 18.9 Å². The predicted molar refractivity (Wildman–Crippen MR) is 116 cm³/mol. The number of carbonyl (C=O) groups excluding carboxylic acids is 2. The summed E-state index contributed by atoms with van der Waals surface area (Å²) in [6, 6.07) is 0. The molecule has 32 heavy (non-hydrogen) atoms. The number of esters is 2. The molecule has 2 saturated heterocycles. The third-order valence-electron chi connectivity index (χ3n) is 7.65. The molecule has 0 saturated carbocycles. The Bertz CT molecular complexity index is 938. The van der Waals surface area contributed by atoms with Crippen LogP contribution >= 0.6 is 0 Å². The van der Waals surface area contributed by atoms with Crippen LogP contribution in [0.1, 0.15) is 60.8 Å². The van der Waals surface area contributed by atoms with Gasteiger partial charge in [0.2, 0.25) is 5.76 Å². The Kier molecular flexibility index (Phi) is 5.57. The van der Waals surface area contributed by atoms with Gasteiger partial charge in [-0.15, -0.1) is 0 Å². The fourth-order valence-corrected chi connectivity index (χ4v) is 5.93. The van der Waals surface area contributed by atoms with Gasteiger partial charge in [-0.2, -0.15) is 0 Å². The topological polar surface area (TPSA) is 91.3 Å². The van der Waals surface area contributed by atoms with E-state index >= 15 is 0 Å². The van der Waals surface area contributed by atoms with Crippen LogP contribution in [0.3, 0.4) is 0 Å². The summed E-state index contributed by atoms with van der Waals surface area (Å²) in [6.07, 6.45) is 3.42. The van der Waals surface area contributed by atoms with Crippen LogP contribution in [-0.4, -0.2) is 41.6 Å². The molecule has 0 spiro atoms. The molecule has 0 aromatic heterocycles. The first-order chi connectivity index (χ1) is 14.9. The van der Waals surface area contributed by atoms with Gasteiger partial charge in [0.25, 0.3) is 0 Å². The standard InChI is InChI=1S/C25H34O7/c1-12(2)16-15-9-8-13(3)20-17-18(25(6,28)31-20)22(26)30-19(17)14(4)10-11-24(15,5)32-23(27)21(16)29-7/h8,12,15,17-18,20,28H,9-11H2,1-7H3. The quantitative estimate of drug-likeness (QED) is 0.510. The average Bonchev–Trinajstić information content (AvgIpc) is 3.19. The molecular weight excluding hydrogens is 412 g/mol. The number of allylic oxidation sites excluding steroid dienone is 2. The minimum Gasteiger partial charge on any atom is -0.490 e. The smallest absolute Gasteiger partial charge is 0.374 e. The van der Waals surface area contributed by atoms with Gasteiger partial charge in [0.15, 0.2) is 5.79 Å². The summed E-state index contributed by atoms with van der Waals surface area (Å²) >= 11 is 0. The molecule has 4 rings (SSSR count). The minimum atomic E-state index is -1.59. The number of methoxy groups -OCH3 is 1. The van der Waals surface area contributed by atoms with Crippen molar-refractivity contribution >= 4 is 11.9 Å². The summed E-state index contributed by atoms with van der Waals surface area (Å²) in [5.41, 5.74) is 2.06. The van der Waals surface area contributed by atoms with Crippen molar-refractivity contribution in [3.05, 3.63) is 34.3 Å². The summed E-state index contributed by atoms with van der Waals surface area (Å²) < 4.78 is 23.2. The van der Waals surface area contributed by atoms with Crippen molar-refractivity contribution in [1.82, 2.24) is 0 Å². The maximum Gasteiger partial charge on any atom is 0.374 e. The molecule has 7 nitrogen and oxygen atoms in total. The highest BCUT2D eigenvalue weighted by Crippen LogP contribution is 2.53. The van der Waals surface area contributed by atoms with Gasteiger partial charge in [0.1, 0.15) is 17.3 Å². The van der Waals surface area contributed by atoms with E-state index in [1.165, 1.54) is 14.0 Å². The third kappa shape index (κ3) is 3.41. The van der Waals surface area contributed by atoms with E-state index < -0.39 is 35.3 Å². The number of ether oxygens (including phenoxy) is 4. The zero-order valence-corrected chi connectivity index (χ0v) is 20.0. The molecule has 7 heteroatoms. The zero-order chi connectivity index (χ0) is 23.6. The van der Waals surface area contributed by atoms with E-state index in [0.29, 0.717) is 30.8 Å². The highest BCUT2D eigenvalue weighted by molar-refractivity contribution is 5.89. The lowest BCUT2D eigenvalue weighted by Crippen LogP contribution is -2.46. The molecule has 0 aromatic carbocycles. The van der Waals surface area contributed by atoms with Gasteiger partial charge in [-0.3, -0.25) is 4.79 Å². The molecule has 6 atom stereocenters. The summed E-state index contributed by atoms with van der Waals surface area (Å²) in [4.78, 5) is 25.5. The molecule has 0 aromatic rings. The van der Waals surface area contributed by atoms with E-state index in [1.807, 2.05) is 20.8 Å². The zero-order valence-electron chi connectivity index (χ0n) is 20.0. The van der Waals surface area contributed by atoms with Gasteiger partial charge in [0, 0.05) is 5.92 Å². The van der Waals surface area contributed by atoms with Crippen molar-refractivity contribution in [3.63, 3.8) is 0 Å². The molecular formula is C25H34O7. The maximum atomic E-state index is 12.8. The Morgan fingerprint density at radius 3 is 2.53 bits per heavy atom. The van der Waals surface area contributed by atoms with Crippen molar-refractivity contribution in [2.45, 2.75) is 78.3 Å². The van der Waals surface area contributed by atoms with Gasteiger partial charge in [-0.1, -0.05) is 19.9 Å². The van der Waals surface area contributed by atoms with E-state index in [0.717, 1.165) is 16.7 Å². The van der Waals surface area contributed by atoms with Crippen molar-refractivity contribution in [1.29, 1.82) is 0 Å². The molecule has 0 bridgehead atoms. The van der Waals surface area contributed by atoms with Crippen LogP contribution in [0.5, 0.6) is 0 Å². The van der Waals surface area contributed by atoms with E-state index in [1.54, 1.807) is 0 Å². The second-order valence-electron chi connectivity index (χ2n) is 10.2. The van der Waals surface area contributed by atoms with Gasteiger partial charge in [-0.05, 0) is 69.6 Å². The lowest BCUT2D eigenvalue weighted by molar-refractivity contribution is -0.201. The predicted octanol–water partition coefficient (Wildman–Crippen LogP) is 3.78. The maximum absolute atomic E-state index is 12.8. The van der Waals surface area contributed by atoms with Crippen LogP contribution in [0, 0.1) is 23.7 Å². The molecule has 6 unspecified atom stereocenters. The van der Waals surface area contributed by atoms with Crippen LogP contribution in [0.2, 0.25) is 0 Å². The highest BCUT2D eigenvalue weighted by Gasteiger charge is 2.62. The van der Waals surface area contributed by atoms with E-state index in [-0.39, 0.29) is 17.8 Å². The molecule has 0 radical (unpaired) electrons. The van der Waals surface area contributed by atoms with Gasteiger partial charge < -0.3 is 24.1 Å². The molecule has 4 aliphatic rings. The SMILES string of the molecule is COC1=C(C(C)C)C2CC=C(C)C3OC(C)(O)C4C(=O)OC(=C(C)CCC2(C)OC1=O)C34. The number of rotatable bonds is 2.